The molecule has 0 unspecified atom stereocenters. The van der Waals surface area contributed by atoms with Crippen LogP contribution < -0.4 is 4.74 Å². The number of carbonyl (C=O) groups excluding carboxylic acids is 1. The Morgan fingerprint density at radius 1 is 1.26 bits per heavy atom. The molecule has 1 aromatic rings. The van der Waals surface area contributed by atoms with Crippen molar-refractivity contribution in [1.29, 1.82) is 0 Å². The predicted molar refractivity (Wildman–Crippen MR) is 72.5 cm³/mol. The number of esters is 1. The summed E-state index contributed by atoms with van der Waals surface area (Å²) in [4.78, 5) is 22.2. The minimum absolute atomic E-state index is 0.0227. The highest BCUT2D eigenvalue weighted by molar-refractivity contribution is 5.72. The number of aryl methyl sites for hydroxylation is 2. The summed E-state index contributed by atoms with van der Waals surface area (Å²) in [5.74, 6) is -0.827. The van der Waals surface area contributed by atoms with Gasteiger partial charge in [-0.2, -0.15) is 0 Å². The molecule has 0 atom stereocenters. The van der Waals surface area contributed by atoms with Crippen molar-refractivity contribution in [3.05, 3.63) is 28.8 Å². The van der Waals surface area contributed by atoms with Crippen molar-refractivity contribution < 1.29 is 19.4 Å². The topological polar surface area (TPSA) is 63.6 Å². The monoisotopic (exact) mass is 264 g/mol. The van der Waals surface area contributed by atoms with Crippen LogP contribution >= 0.6 is 0 Å². The molecule has 0 spiro atoms. The van der Waals surface area contributed by atoms with Crippen molar-refractivity contribution >= 4 is 11.9 Å². The molecule has 0 heterocycles. The molecule has 1 N–H and O–H groups in total. The van der Waals surface area contributed by atoms with E-state index >= 15 is 0 Å². The SMILES string of the molecule is CC(=O)Oc1cc(C)cc(C)c1C(C)(C)CC(=O)O. The van der Waals surface area contributed by atoms with Crippen LogP contribution in [0.1, 0.15) is 43.9 Å². The number of carboxylic acid groups (broad SMARTS) is 1. The van der Waals surface area contributed by atoms with Crippen molar-refractivity contribution in [3.63, 3.8) is 0 Å². The second kappa shape index (κ2) is 5.43. The first kappa shape index (κ1) is 15.2. The Kier molecular flexibility index (Phi) is 4.35. The van der Waals surface area contributed by atoms with E-state index in [1.165, 1.54) is 6.92 Å². The lowest BCUT2D eigenvalue weighted by atomic mass is 9.78. The van der Waals surface area contributed by atoms with Gasteiger partial charge in [-0.25, -0.2) is 0 Å². The lowest BCUT2D eigenvalue weighted by Gasteiger charge is -2.27. The molecule has 104 valence electrons. The van der Waals surface area contributed by atoms with Gasteiger partial charge in [0.15, 0.2) is 0 Å². The standard InChI is InChI=1S/C15H20O4/c1-9-6-10(2)14(12(7-9)19-11(3)16)15(4,5)8-13(17)18/h6-7H,8H2,1-5H3,(H,17,18). The second-order valence-electron chi connectivity index (χ2n) is 5.50. The Labute approximate surface area is 113 Å². The molecule has 0 aliphatic carbocycles. The number of rotatable bonds is 4. The summed E-state index contributed by atoms with van der Waals surface area (Å²) >= 11 is 0. The molecule has 4 nitrogen and oxygen atoms in total. The average Bonchev–Trinajstić information content (AvgIpc) is 2.10. The molecule has 0 saturated heterocycles. The highest BCUT2D eigenvalue weighted by atomic mass is 16.5. The average molecular weight is 264 g/mol. The van der Waals surface area contributed by atoms with Gasteiger partial charge in [-0.3, -0.25) is 9.59 Å². The summed E-state index contributed by atoms with van der Waals surface area (Å²) in [6, 6.07) is 3.74. The quantitative estimate of drug-likeness (QED) is 0.670. The molecular weight excluding hydrogens is 244 g/mol. The summed E-state index contributed by atoms with van der Waals surface area (Å²) in [6.07, 6.45) is -0.0227. The summed E-state index contributed by atoms with van der Waals surface area (Å²) in [5, 5.41) is 9.02. The molecule has 1 aromatic carbocycles. The zero-order valence-electron chi connectivity index (χ0n) is 12.0. The molecule has 0 saturated carbocycles. The molecule has 0 fully saturated rings. The van der Waals surface area contributed by atoms with Gasteiger partial charge in [-0.1, -0.05) is 19.9 Å². The number of hydrogen-bond donors (Lipinski definition) is 1. The van der Waals surface area contributed by atoms with Gasteiger partial charge in [0.05, 0.1) is 6.42 Å². The summed E-state index contributed by atoms with van der Waals surface area (Å²) in [6.45, 7) is 8.83. The minimum Gasteiger partial charge on any atom is -0.481 e. The van der Waals surface area contributed by atoms with E-state index < -0.39 is 17.4 Å². The largest absolute Gasteiger partial charge is 0.481 e. The fourth-order valence-corrected chi connectivity index (χ4v) is 2.50. The highest BCUT2D eigenvalue weighted by Crippen LogP contribution is 2.37. The van der Waals surface area contributed by atoms with Gasteiger partial charge in [0, 0.05) is 17.9 Å². The maximum Gasteiger partial charge on any atom is 0.308 e. The first-order chi connectivity index (χ1) is 8.63. The number of carboxylic acids is 1. The van der Waals surface area contributed by atoms with Crippen LogP contribution in [0.15, 0.2) is 12.1 Å². The maximum absolute atomic E-state index is 11.2. The second-order valence-corrected chi connectivity index (χ2v) is 5.50. The maximum atomic E-state index is 11.2. The summed E-state index contributed by atoms with van der Waals surface area (Å²) in [7, 11) is 0. The zero-order valence-corrected chi connectivity index (χ0v) is 12.0. The first-order valence-corrected chi connectivity index (χ1v) is 6.15. The molecule has 0 amide bonds. The molecule has 0 aliphatic heterocycles. The number of carbonyl (C=O) groups is 2. The van der Waals surface area contributed by atoms with Crippen LogP contribution in [0.25, 0.3) is 0 Å². The van der Waals surface area contributed by atoms with E-state index in [1.807, 2.05) is 33.8 Å². The third kappa shape index (κ3) is 3.81. The molecule has 0 aromatic heterocycles. The van der Waals surface area contributed by atoms with Crippen LogP contribution in [0.4, 0.5) is 0 Å². The Morgan fingerprint density at radius 3 is 2.32 bits per heavy atom. The molecule has 19 heavy (non-hydrogen) atoms. The van der Waals surface area contributed by atoms with Gasteiger partial charge < -0.3 is 9.84 Å². The Balaban J connectivity index is 3.39. The molecule has 4 heteroatoms. The van der Waals surface area contributed by atoms with Crippen LogP contribution in [0.3, 0.4) is 0 Å². The Morgan fingerprint density at radius 2 is 1.84 bits per heavy atom. The number of hydrogen-bond acceptors (Lipinski definition) is 3. The van der Waals surface area contributed by atoms with E-state index in [0.29, 0.717) is 5.75 Å². The molecule has 0 bridgehead atoms. The van der Waals surface area contributed by atoms with Crippen molar-refractivity contribution in [2.75, 3.05) is 0 Å². The summed E-state index contributed by atoms with van der Waals surface area (Å²) < 4.78 is 5.24. The zero-order chi connectivity index (χ0) is 14.8. The highest BCUT2D eigenvalue weighted by Gasteiger charge is 2.30. The minimum atomic E-state index is -0.876. The van der Waals surface area contributed by atoms with Crippen LogP contribution in [0.5, 0.6) is 5.75 Å². The van der Waals surface area contributed by atoms with Crippen molar-refractivity contribution in [3.8, 4) is 5.75 Å². The molecule has 0 aliphatic rings. The summed E-state index contributed by atoms with van der Waals surface area (Å²) in [5.41, 5.74) is 2.08. The lowest BCUT2D eigenvalue weighted by molar-refractivity contribution is -0.138. The third-order valence-electron chi connectivity index (χ3n) is 2.97. The smallest absolute Gasteiger partial charge is 0.308 e. The first-order valence-electron chi connectivity index (χ1n) is 6.15. The van der Waals surface area contributed by atoms with E-state index in [-0.39, 0.29) is 6.42 Å². The van der Waals surface area contributed by atoms with Crippen molar-refractivity contribution in [2.24, 2.45) is 0 Å². The Hall–Kier alpha value is -1.84. The van der Waals surface area contributed by atoms with Gasteiger partial charge in [0.2, 0.25) is 0 Å². The fourth-order valence-electron chi connectivity index (χ4n) is 2.50. The Bertz CT molecular complexity index is 515. The van der Waals surface area contributed by atoms with Crippen LogP contribution in [-0.4, -0.2) is 17.0 Å². The van der Waals surface area contributed by atoms with Crippen molar-refractivity contribution in [2.45, 2.75) is 46.5 Å². The van der Waals surface area contributed by atoms with E-state index in [9.17, 15) is 9.59 Å². The van der Waals surface area contributed by atoms with E-state index in [1.54, 1.807) is 6.07 Å². The van der Waals surface area contributed by atoms with E-state index in [2.05, 4.69) is 0 Å². The van der Waals surface area contributed by atoms with Gasteiger partial charge in [0.25, 0.3) is 0 Å². The number of aliphatic carboxylic acids is 1. The molecule has 1 rings (SSSR count). The van der Waals surface area contributed by atoms with Gasteiger partial charge >= 0.3 is 11.9 Å². The lowest BCUT2D eigenvalue weighted by Crippen LogP contribution is -2.24. The van der Waals surface area contributed by atoms with Crippen LogP contribution in [0.2, 0.25) is 0 Å². The molecule has 0 radical (unpaired) electrons. The molecular formula is C15H20O4. The fraction of sp³-hybridized carbons (Fsp3) is 0.467. The van der Waals surface area contributed by atoms with Gasteiger partial charge in [0.1, 0.15) is 5.75 Å². The van der Waals surface area contributed by atoms with Crippen LogP contribution in [0, 0.1) is 13.8 Å². The van der Waals surface area contributed by atoms with E-state index in [4.69, 9.17) is 9.84 Å². The third-order valence-corrected chi connectivity index (χ3v) is 2.97. The number of benzene rings is 1. The van der Waals surface area contributed by atoms with Crippen molar-refractivity contribution in [1.82, 2.24) is 0 Å². The van der Waals surface area contributed by atoms with Crippen LogP contribution in [-0.2, 0) is 15.0 Å². The predicted octanol–water partition coefficient (Wildman–Crippen LogP) is 2.98. The van der Waals surface area contributed by atoms with Gasteiger partial charge in [-0.05, 0) is 31.0 Å². The number of ether oxygens (including phenoxy) is 1. The van der Waals surface area contributed by atoms with E-state index in [0.717, 1.165) is 16.7 Å². The van der Waals surface area contributed by atoms with Gasteiger partial charge in [-0.15, -0.1) is 0 Å². The normalized spacial score (nSPS) is 11.2.